The maximum Gasteiger partial charge on any atom is 0.296 e. The van der Waals surface area contributed by atoms with Crippen molar-refractivity contribution in [1.82, 2.24) is 4.89 Å². The number of nitrogens with zero attached hydrogens (tertiary/aromatic N) is 2. The van der Waals surface area contributed by atoms with Gasteiger partial charge in [-0.2, -0.15) is 0 Å². The molecule has 0 heterocycles. The highest BCUT2D eigenvalue weighted by Crippen LogP contribution is 2.30. The van der Waals surface area contributed by atoms with E-state index in [1.54, 1.807) is 6.92 Å². The van der Waals surface area contributed by atoms with Gasteiger partial charge in [0.1, 0.15) is 5.69 Å². The highest BCUT2D eigenvalue weighted by molar-refractivity contribution is 7.89. The molecule has 0 aliphatic rings. The highest BCUT2D eigenvalue weighted by Gasteiger charge is 2.23. The molecule has 9 nitrogen and oxygen atoms in total. The number of hydroxylamine groups is 1. The van der Waals surface area contributed by atoms with Gasteiger partial charge in [-0.15, -0.1) is 0 Å². The number of hydrogen-bond acceptors (Lipinski definition) is 7. The third-order valence-corrected chi connectivity index (χ3v) is 3.47. The smallest absolute Gasteiger partial charge is 0.296 e. The normalized spacial score (nSPS) is 11.3. The van der Waals surface area contributed by atoms with Gasteiger partial charge in [0.05, 0.1) is 16.9 Å². The van der Waals surface area contributed by atoms with Gasteiger partial charge in [-0.1, -0.05) is 4.89 Å². The van der Waals surface area contributed by atoms with Crippen LogP contribution in [0.25, 0.3) is 0 Å². The van der Waals surface area contributed by atoms with Gasteiger partial charge >= 0.3 is 0 Å². The lowest BCUT2D eigenvalue weighted by atomic mass is 10.2. The van der Waals surface area contributed by atoms with Gasteiger partial charge in [-0.3, -0.25) is 15.0 Å². The van der Waals surface area contributed by atoms with Crippen LogP contribution in [-0.4, -0.2) is 32.2 Å². The van der Waals surface area contributed by atoms with Gasteiger partial charge in [-0.05, 0) is 19.1 Å². The summed E-state index contributed by atoms with van der Waals surface area (Å²) in [5.74, 6) is 0. The van der Waals surface area contributed by atoms with Crippen LogP contribution >= 0.6 is 0 Å². The fourth-order valence-electron chi connectivity index (χ4n) is 1.48. The highest BCUT2D eigenvalue weighted by atomic mass is 32.2. The van der Waals surface area contributed by atoms with Crippen molar-refractivity contribution in [3.05, 3.63) is 28.3 Å². The predicted molar refractivity (Wildman–Crippen MR) is 65.2 cm³/mol. The Morgan fingerprint density at radius 3 is 2.58 bits per heavy atom. The fourth-order valence-corrected chi connectivity index (χ4v) is 2.10. The summed E-state index contributed by atoms with van der Waals surface area (Å²) in [5.41, 5.74) is -0.327. The van der Waals surface area contributed by atoms with E-state index in [4.69, 9.17) is 10.0 Å². The largest absolute Gasteiger partial charge is 0.302 e. The van der Waals surface area contributed by atoms with Crippen LogP contribution in [0.15, 0.2) is 23.1 Å². The summed E-state index contributed by atoms with van der Waals surface area (Å²) >= 11 is 0. The first kappa shape index (κ1) is 15.3. The minimum atomic E-state index is -4.17. The van der Waals surface area contributed by atoms with Gasteiger partial charge < -0.3 is 5.21 Å². The van der Waals surface area contributed by atoms with Crippen molar-refractivity contribution in [3.63, 3.8) is 0 Å². The van der Waals surface area contributed by atoms with Crippen molar-refractivity contribution in [2.24, 2.45) is 0 Å². The fraction of sp³-hybridized carbons (Fsp3) is 0.333. The number of nitrogens with one attached hydrogen (secondary N) is 1. The van der Waals surface area contributed by atoms with Crippen LogP contribution in [-0.2, 0) is 14.9 Å². The minimum Gasteiger partial charge on any atom is -0.302 e. The van der Waals surface area contributed by atoms with E-state index in [0.29, 0.717) is 6.54 Å². The first-order valence-electron chi connectivity index (χ1n) is 5.13. The number of nitro groups is 1. The molecule has 0 fully saturated rings. The lowest BCUT2D eigenvalue weighted by molar-refractivity contribution is -0.384. The molecular formula is C9H13N3O6S. The van der Waals surface area contributed by atoms with Crippen molar-refractivity contribution in [3.8, 4) is 0 Å². The second kappa shape index (κ2) is 5.93. The minimum absolute atomic E-state index is 0.117. The zero-order valence-electron chi connectivity index (χ0n) is 10.2. The maximum absolute atomic E-state index is 11.4. The number of nitro benzene ring substituents is 1. The van der Waals surface area contributed by atoms with Crippen LogP contribution in [0.4, 0.5) is 11.4 Å². The molecule has 0 aliphatic carbocycles. The molecule has 0 aromatic heterocycles. The Labute approximate surface area is 109 Å². The van der Waals surface area contributed by atoms with E-state index in [1.807, 2.05) is 0 Å². The van der Waals surface area contributed by atoms with Gasteiger partial charge in [0.25, 0.3) is 15.7 Å². The molecule has 0 amide bonds. The first-order valence-corrected chi connectivity index (χ1v) is 6.61. The van der Waals surface area contributed by atoms with Gasteiger partial charge in [0.15, 0.2) is 0 Å². The van der Waals surface area contributed by atoms with Crippen molar-refractivity contribution < 1.29 is 23.4 Å². The zero-order valence-corrected chi connectivity index (χ0v) is 11.0. The SMILES string of the molecule is CCN(OC)c1ccc(S(=O)(=O)NO)cc1[N+](=O)[O-]. The topological polar surface area (TPSA) is 122 Å². The monoisotopic (exact) mass is 291 g/mol. The summed E-state index contributed by atoms with van der Waals surface area (Å²) in [7, 11) is -2.83. The van der Waals surface area contributed by atoms with E-state index in [0.717, 1.165) is 17.0 Å². The van der Waals surface area contributed by atoms with Crippen LogP contribution in [0.5, 0.6) is 0 Å². The lowest BCUT2D eigenvalue weighted by Crippen LogP contribution is -2.23. The summed E-state index contributed by atoms with van der Waals surface area (Å²) in [6.07, 6.45) is 0. The predicted octanol–water partition coefficient (Wildman–Crippen LogP) is 0.650. The number of rotatable bonds is 6. The standard InChI is InChI=1S/C9H13N3O6S/c1-3-11(18-2)8-5-4-7(19(16,17)10-13)6-9(8)12(14)15/h4-6,10,13H,3H2,1-2H3. The number of sulfonamides is 1. The van der Waals surface area contributed by atoms with Crippen LogP contribution in [0.2, 0.25) is 0 Å². The maximum atomic E-state index is 11.4. The Bertz CT molecular complexity index is 569. The van der Waals surface area contributed by atoms with E-state index in [1.165, 1.54) is 18.2 Å². The Morgan fingerprint density at radius 1 is 1.53 bits per heavy atom. The second-order valence-electron chi connectivity index (χ2n) is 3.38. The number of hydrogen-bond donors (Lipinski definition) is 2. The Morgan fingerprint density at radius 2 is 2.16 bits per heavy atom. The van der Waals surface area contributed by atoms with E-state index >= 15 is 0 Å². The molecule has 0 atom stereocenters. The summed E-state index contributed by atoms with van der Waals surface area (Å²) in [6, 6.07) is 3.20. The summed E-state index contributed by atoms with van der Waals surface area (Å²) in [6.45, 7) is 2.05. The molecule has 10 heteroatoms. The van der Waals surface area contributed by atoms with E-state index < -0.39 is 25.5 Å². The molecule has 106 valence electrons. The molecule has 1 aromatic rings. The summed E-state index contributed by atoms with van der Waals surface area (Å²) in [5, 5.41) is 20.7. The van der Waals surface area contributed by atoms with Crippen LogP contribution in [0.3, 0.4) is 0 Å². The van der Waals surface area contributed by atoms with Crippen molar-refractivity contribution >= 4 is 21.4 Å². The van der Waals surface area contributed by atoms with Crippen LogP contribution in [0.1, 0.15) is 6.92 Å². The zero-order chi connectivity index (χ0) is 14.6. The molecule has 0 spiro atoms. The first-order chi connectivity index (χ1) is 8.87. The average molecular weight is 291 g/mol. The van der Waals surface area contributed by atoms with Crippen molar-refractivity contribution in [2.75, 3.05) is 18.7 Å². The molecule has 0 unspecified atom stereocenters. The third kappa shape index (κ3) is 3.17. The van der Waals surface area contributed by atoms with Crippen LogP contribution < -0.4 is 9.95 Å². The molecule has 0 aliphatic heterocycles. The number of benzene rings is 1. The molecule has 1 rings (SSSR count). The van der Waals surface area contributed by atoms with Crippen molar-refractivity contribution in [1.29, 1.82) is 0 Å². The quantitative estimate of drug-likeness (QED) is 0.582. The molecule has 0 saturated heterocycles. The van der Waals surface area contributed by atoms with Gasteiger partial charge in [-0.25, -0.2) is 13.5 Å². The Balaban J connectivity index is 3.42. The molecule has 0 saturated carbocycles. The molecule has 2 N–H and O–H groups in total. The lowest BCUT2D eigenvalue weighted by Gasteiger charge is -2.19. The van der Waals surface area contributed by atoms with Crippen LogP contribution in [0, 0.1) is 10.1 Å². The Hall–Kier alpha value is -1.75. The molecule has 19 heavy (non-hydrogen) atoms. The van der Waals surface area contributed by atoms with E-state index in [-0.39, 0.29) is 5.69 Å². The van der Waals surface area contributed by atoms with E-state index in [9.17, 15) is 18.5 Å². The molecule has 1 aromatic carbocycles. The summed E-state index contributed by atoms with van der Waals surface area (Å²) in [4.78, 5) is 15.9. The summed E-state index contributed by atoms with van der Waals surface area (Å²) < 4.78 is 22.7. The average Bonchev–Trinajstić information content (AvgIpc) is 2.40. The molecular weight excluding hydrogens is 278 g/mol. The Kier molecular flexibility index (Phi) is 4.78. The third-order valence-electron chi connectivity index (χ3n) is 2.35. The van der Waals surface area contributed by atoms with Gasteiger partial charge in [0, 0.05) is 12.6 Å². The molecule has 0 bridgehead atoms. The molecule has 0 radical (unpaired) electrons. The van der Waals surface area contributed by atoms with Crippen molar-refractivity contribution in [2.45, 2.75) is 11.8 Å². The second-order valence-corrected chi connectivity index (χ2v) is 5.04. The number of anilines is 1. The van der Waals surface area contributed by atoms with Gasteiger partial charge in [0.2, 0.25) is 0 Å². The van der Waals surface area contributed by atoms with E-state index in [2.05, 4.69) is 0 Å².